The molecule has 0 aromatic heterocycles. The highest BCUT2D eigenvalue weighted by Gasteiger charge is 2.35. The molecule has 1 N–H and O–H groups in total. The smallest absolute Gasteiger partial charge is 0.283 e. The molecular formula is C24H21N5O3S. The fourth-order valence-corrected chi connectivity index (χ4v) is 4.08. The van der Waals surface area contributed by atoms with Crippen molar-refractivity contribution in [2.75, 3.05) is 6.61 Å². The molecule has 2 heterocycles. The van der Waals surface area contributed by atoms with E-state index in [2.05, 4.69) is 16.2 Å². The number of carbonyl (C=O) groups excluding carboxylic acids is 1. The molecule has 2 aliphatic rings. The van der Waals surface area contributed by atoms with Gasteiger partial charge >= 0.3 is 0 Å². The van der Waals surface area contributed by atoms with Crippen molar-refractivity contribution in [1.29, 1.82) is 10.7 Å². The first kappa shape index (κ1) is 22.3. The van der Waals surface area contributed by atoms with E-state index in [-0.39, 0.29) is 18.0 Å². The standard InChI is InChI=1S/C24H21N5O3S/c1-3-21-28-29-22(26)18(23(30)27-24(29)33-21)11-15-9-10-19(20(12-15)31-4-2)32-14-17-8-6-5-7-16(17)13-25/h5-12,26H,3-4,14H2,1-2H3. The normalized spacial score (nSPS) is 16.3. The molecule has 0 radical (unpaired) electrons. The van der Waals surface area contributed by atoms with Crippen LogP contribution in [-0.2, 0) is 11.4 Å². The Labute approximate surface area is 195 Å². The minimum Gasteiger partial charge on any atom is -0.490 e. The van der Waals surface area contributed by atoms with Gasteiger partial charge in [-0.15, -0.1) is 0 Å². The fraction of sp³-hybridized carbons (Fsp3) is 0.208. The molecule has 2 aromatic rings. The molecule has 0 spiro atoms. The number of nitrogens with zero attached hydrogens (tertiary/aromatic N) is 4. The van der Waals surface area contributed by atoms with Gasteiger partial charge in [-0.2, -0.15) is 20.4 Å². The van der Waals surface area contributed by atoms with Crippen molar-refractivity contribution in [2.45, 2.75) is 26.9 Å². The van der Waals surface area contributed by atoms with E-state index in [9.17, 15) is 10.1 Å². The van der Waals surface area contributed by atoms with Gasteiger partial charge < -0.3 is 9.47 Å². The molecule has 0 unspecified atom stereocenters. The Kier molecular flexibility index (Phi) is 6.56. The quantitative estimate of drug-likeness (QED) is 0.608. The van der Waals surface area contributed by atoms with Gasteiger partial charge in [0.05, 0.1) is 23.8 Å². The van der Waals surface area contributed by atoms with Crippen molar-refractivity contribution in [3.05, 3.63) is 64.7 Å². The lowest BCUT2D eigenvalue weighted by molar-refractivity contribution is -0.114. The maximum atomic E-state index is 12.6. The number of nitriles is 1. The number of nitrogens with one attached hydrogen (secondary N) is 1. The van der Waals surface area contributed by atoms with Gasteiger partial charge in [0.15, 0.2) is 17.3 Å². The van der Waals surface area contributed by atoms with Gasteiger partial charge in [-0.05, 0) is 54.9 Å². The fourth-order valence-electron chi connectivity index (χ4n) is 3.25. The molecule has 33 heavy (non-hydrogen) atoms. The lowest BCUT2D eigenvalue weighted by Crippen LogP contribution is -2.35. The first-order valence-corrected chi connectivity index (χ1v) is 11.2. The number of thioether (sulfide) groups is 1. The van der Waals surface area contributed by atoms with Crippen LogP contribution in [0.15, 0.2) is 58.1 Å². The second kappa shape index (κ2) is 9.71. The average Bonchev–Trinajstić information content (AvgIpc) is 3.25. The Hall–Kier alpha value is -3.90. The number of rotatable bonds is 7. The minimum absolute atomic E-state index is 0.00709. The van der Waals surface area contributed by atoms with Gasteiger partial charge in [0.2, 0.25) is 5.17 Å². The van der Waals surface area contributed by atoms with Crippen LogP contribution in [0.3, 0.4) is 0 Å². The number of amidine groups is 2. The maximum absolute atomic E-state index is 12.6. The summed E-state index contributed by atoms with van der Waals surface area (Å²) >= 11 is 1.31. The Morgan fingerprint density at radius 2 is 2.00 bits per heavy atom. The van der Waals surface area contributed by atoms with Crippen LogP contribution in [0.2, 0.25) is 0 Å². The van der Waals surface area contributed by atoms with Crippen molar-refractivity contribution in [3.63, 3.8) is 0 Å². The summed E-state index contributed by atoms with van der Waals surface area (Å²) in [4.78, 5) is 16.7. The molecule has 0 saturated carbocycles. The summed E-state index contributed by atoms with van der Waals surface area (Å²) in [5, 5.41) is 24.7. The maximum Gasteiger partial charge on any atom is 0.283 e. The summed E-state index contributed by atoms with van der Waals surface area (Å²) in [6, 6.07) is 14.7. The molecule has 0 aliphatic carbocycles. The molecule has 9 heteroatoms. The molecule has 0 saturated heterocycles. The minimum atomic E-state index is -0.474. The number of fused-ring (bicyclic) bond motifs is 1. The number of benzene rings is 2. The zero-order chi connectivity index (χ0) is 23.4. The van der Waals surface area contributed by atoms with E-state index < -0.39 is 5.91 Å². The highest BCUT2D eigenvalue weighted by atomic mass is 32.2. The number of hydrogen-bond donors (Lipinski definition) is 1. The number of ether oxygens (including phenoxy) is 2. The van der Waals surface area contributed by atoms with Crippen LogP contribution in [0.25, 0.3) is 6.08 Å². The molecule has 4 rings (SSSR count). The Balaban J connectivity index is 1.59. The Bertz CT molecular complexity index is 1260. The molecular weight excluding hydrogens is 438 g/mol. The zero-order valence-corrected chi connectivity index (χ0v) is 19.0. The van der Waals surface area contributed by atoms with Crippen LogP contribution < -0.4 is 9.47 Å². The number of aliphatic imine (C=N–C) groups is 1. The topological polar surface area (TPSA) is 111 Å². The summed E-state index contributed by atoms with van der Waals surface area (Å²) in [6.45, 7) is 4.47. The van der Waals surface area contributed by atoms with Crippen LogP contribution in [-0.4, -0.2) is 33.6 Å². The first-order valence-electron chi connectivity index (χ1n) is 10.4. The van der Waals surface area contributed by atoms with Gasteiger partial charge in [-0.1, -0.05) is 31.2 Å². The molecule has 0 bridgehead atoms. The predicted octanol–water partition coefficient (Wildman–Crippen LogP) is 4.57. The molecule has 166 valence electrons. The van der Waals surface area contributed by atoms with Gasteiger partial charge in [-0.3, -0.25) is 10.2 Å². The SMILES string of the molecule is CCOc1cc(C=C2C(=N)N3N=C(CC)SC3=NC2=O)ccc1OCc1ccccc1C#N. The third-order valence-electron chi connectivity index (χ3n) is 4.90. The molecule has 0 fully saturated rings. The Morgan fingerprint density at radius 3 is 2.76 bits per heavy atom. The van der Waals surface area contributed by atoms with E-state index >= 15 is 0 Å². The molecule has 1 amide bonds. The zero-order valence-electron chi connectivity index (χ0n) is 18.2. The number of hydrogen-bond acceptors (Lipinski definition) is 7. The lowest BCUT2D eigenvalue weighted by atomic mass is 10.1. The van der Waals surface area contributed by atoms with Crippen molar-refractivity contribution in [2.24, 2.45) is 10.1 Å². The van der Waals surface area contributed by atoms with E-state index in [1.807, 2.05) is 32.0 Å². The van der Waals surface area contributed by atoms with Crippen LogP contribution >= 0.6 is 11.8 Å². The Morgan fingerprint density at radius 1 is 1.18 bits per heavy atom. The monoisotopic (exact) mass is 459 g/mol. The number of amides is 1. The van der Waals surface area contributed by atoms with Crippen LogP contribution in [0.5, 0.6) is 11.5 Å². The largest absolute Gasteiger partial charge is 0.490 e. The van der Waals surface area contributed by atoms with Gasteiger partial charge in [0.1, 0.15) is 11.7 Å². The van der Waals surface area contributed by atoms with Crippen molar-refractivity contribution >= 4 is 39.8 Å². The molecule has 2 aromatic carbocycles. The summed E-state index contributed by atoms with van der Waals surface area (Å²) < 4.78 is 11.7. The summed E-state index contributed by atoms with van der Waals surface area (Å²) in [5.41, 5.74) is 2.15. The highest BCUT2D eigenvalue weighted by Crippen LogP contribution is 2.32. The van der Waals surface area contributed by atoms with Crippen molar-refractivity contribution in [1.82, 2.24) is 5.01 Å². The van der Waals surface area contributed by atoms with Gasteiger partial charge in [0, 0.05) is 5.56 Å². The third kappa shape index (κ3) is 4.66. The van der Waals surface area contributed by atoms with Gasteiger partial charge in [0.25, 0.3) is 5.91 Å². The first-order chi connectivity index (χ1) is 16.0. The summed E-state index contributed by atoms with van der Waals surface area (Å²) in [7, 11) is 0. The molecule has 2 aliphatic heterocycles. The summed E-state index contributed by atoms with van der Waals surface area (Å²) in [6.07, 6.45) is 2.31. The van der Waals surface area contributed by atoms with Crippen LogP contribution in [0, 0.1) is 16.7 Å². The third-order valence-corrected chi connectivity index (χ3v) is 5.95. The van der Waals surface area contributed by atoms with E-state index in [1.165, 1.54) is 16.8 Å². The number of carbonyl (C=O) groups is 1. The van der Waals surface area contributed by atoms with Gasteiger partial charge in [-0.25, -0.2) is 0 Å². The predicted molar refractivity (Wildman–Crippen MR) is 128 cm³/mol. The van der Waals surface area contributed by atoms with Crippen molar-refractivity contribution < 1.29 is 14.3 Å². The van der Waals surface area contributed by atoms with Crippen LogP contribution in [0.4, 0.5) is 0 Å². The second-order valence-corrected chi connectivity index (χ2v) is 8.10. The second-order valence-electron chi connectivity index (χ2n) is 7.06. The van der Waals surface area contributed by atoms with E-state index in [1.54, 1.807) is 30.3 Å². The highest BCUT2D eigenvalue weighted by molar-refractivity contribution is 8.26. The summed E-state index contributed by atoms with van der Waals surface area (Å²) in [5.74, 6) is 0.540. The lowest BCUT2D eigenvalue weighted by Gasteiger charge is -2.20. The number of hydrazone groups is 1. The van der Waals surface area contributed by atoms with E-state index in [0.717, 1.165) is 10.6 Å². The average molecular weight is 460 g/mol. The van der Waals surface area contributed by atoms with Crippen LogP contribution in [0.1, 0.15) is 37.0 Å². The van der Waals surface area contributed by atoms with Crippen molar-refractivity contribution in [3.8, 4) is 17.6 Å². The van der Waals surface area contributed by atoms with E-state index in [4.69, 9.17) is 14.9 Å². The molecule has 8 nitrogen and oxygen atoms in total. The molecule has 0 atom stereocenters. The van der Waals surface area contributed by atoms with E-state index in [0.29, 0.717) is 40.8 Å².